The molecule has 5 heteroatoms. The topological polar surface area (TPSA) is 36.9 Å². The molecule has 0 radical (unpaired) electrons. The minimum absolute atomic E-state index is 0.622. The number of para-hydroxylation sites is 1. The number of nitrogens with one attached hydrogen (secondary N) is 1. The van der Waals surface area contributed by atoms with Crippen molar-refractivity contribution < 1.29 is 0 Å². The van der Waals surface area contributed by atoms with Crippen molar-refractivity contribution in [1.29, 1.82) is 0 Å². The van der Waals surface area contributed by atoms with E-state index in [2.05, 4.69) is 36.0 Å². The highest BCUT2D eigenvalue weighted by molar-refractivity contribution is 7.71. The predicted molar refractivity (Wildman–Crippen MR) is 81.5 cm³/mol. The molecule has 1 unspecified atom stereocenters. The number of anilines is 1. The van der Waals surface area contributed by atoms with Gasteiger partial charge in [0.05, 0.1) is 5.69 Å². The summed E-state index contributed by atoms with van der Waals surface area (Å²) in [6.45, 7) is 5.40. The van der Waals surface area contributed by atoms with Crippen molar-refractivity contribution in [1.82, 2.24) is 14.8 Å². The van der Waals surface area contributed by atoms with Gasteiger partial charge in [0.1, 0.15) is 0 Å². The summed E-state index contributed by atoms with van der Waals surface area (Å²) in [5, 5.41) is 7.23. The fraction of sp³-hybridized carbons (Fsp3) is 0.429. The highest BCUT2D eigenvalue weighted by atomic mass is 32.1. The fourth-order valence-corrected chi connectivity index (χ4v) is 2.27. The number of hydrogen-bond acceptors (Lipinski definition) is 3. The molecule has 4 nitrogen and oxygen atoms in total. The van der Waals surface area contributed by atoms with Gasteiger partial charge in [-0.25, -0.2) is 5.10 Å². The lowest BCUT2D eigenvalue weighted by Gasteiger charge is -2.22. The van der Waals surface area contributed by atoms with E-state index in [1.54, 1.807) is 0 Å². The van der Waals surface area contributed by atoms with Crippen LogP contribution in [0.25, 0.3) is 5.69 Å². The number of aromatic amines is 1. The Morgan fingerprint density at radius 3 is 2.68 bits per heavy atom. The first-order valence-corrected chi connectivity index (χ1v) is 6.98. The highest BCUT2D eigenvalue weighted by Crippen LogP contribution is 2.18. The van der Waals surface area contributed by atoms with Gasteiger partial charge in [0, 0.05) is 13.6 Å². The molecule has 1 atom stereocenters. The second-order valence-electron chi connectivity index (χ2n) is 4.89. The number of benzene rings is 1. The normalized spacial score (nSPS) is 12.4. The number of rotatable bonds is 5. The van der Waals surface area contributed by atoms with Gasteiger partial charge in [0.2, 0.25) is 10.7 Å². The zero-order valence-electron chi connectivity index (χ0n) is 11.6. The van der Waals surface area contributed by atoms with Crippen LogP contribution in [-0.2, 0) is 0 Å². The third kappa shape index (κ3) is 3.04. The van der Waals surface area contributed by atoms with Gasteiger partial charge in [-0.05, 0) is 30.3 Å². The van der Waals surface area contributed by atoms with Gasteiger partial charge < -0.3 is 4.90 Å². The molecular weight excluding hydrogens is 256 g/mol. The Hall–Kier alpha value is -1.62. The molecule has 0 bridgehead atoms. The average Bonchev–Trinajstić information content (AvgIpc) is 2.81. The summed E-state index contributed by atoms with van der Waals surface area (Å²) in [6.07, 6.45) is 1.15. The molecule has 2 rings (SSSR count). The van der Waals surface area contributed by atoms with Crippen LogP contribution < -0.4 is 4.90 Å². The van der Waals surface area contributed by atoms with E-state index < -0.39 is 0 Å². The van der Waals surface area contributed by atoms with Gasteiger partial charge in [-0.2, -0.15) is 0 Å². The third-order valence-corrected chi connectivity index (χ3v) is 3.57. The maximum atomic E-state index is 5.33. The van der Waals surface area contributed by atoms with Crippen molar-refractivity contribution in [2.45, 2.75) is 20.3 Å². The van der Waals surface area contributed by atoms with E-state index in [9.17, 15) is 0 Å². The Kier molecular flexibility index (Phi) is 4.37. The van der Waals surface area contributed by atoms with Crippen LogP contribution in [0.2, 0.25) is 0 Å². The molecular formula is C14H20N4S. The average molecular weight is 276 g/mol. The molecule has 0 saturated carbocycles. The molecule has 0 aliphatic rings. The summed E-state index contributed by atoms with van der Waals surface area (Å²) in [6, 6.07) is 10.1. The Balaban J connectivity index is 2.36. The van der Waals surface area contributed by atoms with Crippen LogP contribution in [0, 0.1) is 10.7 Å². The largest absolute Gasteiger partial charge is 0.343 e. The van der Waals surface area contributed by atoms with Gasteiger partial charge >= 0.3 is 0 Å². The molecule has 102 valence electrons. The Morgan fingerprint density at radius 1 is 1.37 bits per heavy atom. The second-order valence-corrected chi connectivity index (χ2v) is 5.28. The quantitative estimate of drug-likeness (QED) is 0.850. The minimum atomic E-state index is 0.622. The Labute approximate surface area is 119 Å². The standard InChI is InChI=1S/C14H20N4S/c1-4-11(2)10-17(3)13-15-16-14(19)18(13)12-8-6-5-7-9-12/h5-9,11H,4,10H2,1-3H3,(H,16,19). The lowest BCUT2D eigenvalue weighted by Crippen LogP contribution is -2.26. The molecule has 1 N–H and O–H groups in total. The maximum absolute atomic E-state index is 5.33. The molecule has 0 saturated heterocycles. The summed E-state index contributed by atoms with van der Waals surface area (Å²) in [5.74, 6) is 1.48. The summed E-state index contributed by atoms with van der Waals surface area (Å²) in [4.78, 5) is 2.15. The first-order chi connectivity index (χ1) is 9.13. The van der Waals surface area contributed by atoms with E-state index in [1.807, 2.05) is 34.9 Å². The molecule has 0 aliphatic heterocycles. The summed E-state index contributed by atoms with van der Waals surface area (Å²) in [7, 11) is 2.05. The van der Waals surface area contributed by atoms with Gasteiger partial charge in [0.25, 0.3) is 0 Å². The number of H-pyrrole nitrogens is 1. The molecule has 0 aliphatic carbocycles. The van der Waals surface area contributed by atoms with E-state index in [-0.39, 0.29) is 0 Å². The van der Waals surface area contributed by atoms with Crippen LogP contribution in [0.1, 0.15) is 20.3 Å². The van der Waals surface area contributed by atoms with E-state index in [4.69, 9.17) is 12.2 Å². The molecule has 0 spiro atoms. The van der Waals surface area contributed by atoms with Crippen LogP contribution >= 0.6 is 12.2 Å². The van der Waals surface area contributed by atoms with E-state index >= 15 is 0 Å². The molecule has 1 aromatic carbocycles. The summed E-state index contributed by atoms with van der Waals surface area (Å²) in [5.41, 5.74) is 1.03. The van der Waals surface area contributed by atoms with Gasteiger partial charge in [0.15, 0.2) is 0 Å². The number of hydrogen-bond donors (Lipinski definition) is 1. The molecule has 0 amide bonds. The monoisotopic (exact) mass is 276 g/mol. The molecule has 2 aromatic rings. The lowest BCUT2D eigenvalue weighted by molar-refractivity contribution is 0.553. The fourth-order valence-electron chi connectivity index (χ4n) is 2.03. The first kappa shape index (κ1) is 13.8. The maximum Gasteiger partial charge on any atom is 0.230 e. The predicted octanol–water partition coefficient (Wildman–Crippen LogP) is 3.41. The van der Waals surface area contributed by atoms with Gasteiger partial charge in [-0.1, -0.05) is 38.5 Å². The Morgan fingerprint density at radius 2 is 2.05 bits per heavy atom. The van der Waals surface area contributed by atoms with Crippen molar-refractivity contribution in [3.8, 4) is 5.69 Å². The summed E-state index contributed by atoms with van der Waals surface area (Å²) >= 11 is 5.33. The molecule has 1 heterocycles. The van der Waals surface area contributed by atoms with Crippen molar-refractivity contribution in [2.24, 2.45) is 5.92 Å². The lowest BCUT2D eigenvalue weighted by atomic mass is 10.1. The van der Waals surface area contributed by atoms with Crippen LogP contribution in [0.5, 0.6) is 0 Å². The molecule has 19 heavy (non-hydrogen) atoms. The van der Waals surface area contributed by atoms with Crippen molar-refractivity contribution >= 4 is 18.2 Å². The number of aromatic nitrogens is 3. The van der Waals surface area contributed by atoms with E-state index in [0.717, 1.165) is 24.6 Å². The zero-order chi connectivity index (χ0) is 13.8. The zero-order valence-corrected chi connectivity index (χ0v) is 12.4. The summed E-state index contributed by atoms with van der Waals surface area (Å²) < 4.78 is 2.59. The van der Waals surface area contributed by atoms with Crippen LogP contribution in [0.15, 0.2) is 30.3 Å². The van der Waals surface area contributed by atoms with E-state index in [0.29, 0.717) is 10.7 Å². The molecule has 1 aromatic heterocycles. The smallest absolute Gasteiger partial charge is 0.230 e. The minimum Gasteiger partial charge on any atom is -0.343 e. The van der Waals surface area contributed by atoms with E-state index in [1.165, 1.54) is 0 Å². The van der Waals surface area contributed by atoms with Crippen LogP contribution in [0.3, 0.4) is 0 Å². The first-order valence-electron chi connectivity index (χ1n) is 6.57. The molecule has 0 fully saturated rings. The van der Waals surface area contributed by atoms with Crippen molar-refractivity contribution in [2.75, 3.05) is 18.5 Å². The van der Waals surface area contributed by atoms with Gasteiger partial charge in [-0.3, -0.25) is 4.57 Å². The SMILES string of the molecule is CCC(C)CN(C)c1n[nH]c(=S)n1-c1ccccc1. The number of nitrogens with zero attached hydrogens (tertiary/aromatic N) is 3. The van der Waals surface area contributed by atoms with Crippen LogP contribution in [-0.4, -0.2) is 28.4 Å². The van der Waals surface area contributed by atoms with Gasteiger partial charge in [-0.15, -0.1) is 5.10 Å². The van der Waals surface area contributed by atoms with Crippen molar-refractivity contribution in [3.63, 3.8) is 0 Å². The van der Waals surface area contributed by atoms with Crippen molar-refractivity contribution in [3.05, 3.63) is 35.1 Å². The second kappa shape index (κ2) is 6.02. The highest BCUT2D eigenvalue weighted by Gasteiger charge is 2.14. The Bertz CT molecular complexity index is 573. The third-order valence-electron chi connectivity index (χ3n) is 3.29. The van der Waals surface area contributed by atoms with Crippen LogP contribution in [0.4, 0.5) is 5.95 Å².